The Kier molecular flexibility index (Phi) is 2.95. The van der Waals surface area contributed by atoms with Crippen molar-refractivity contribution in [3.8, 4) is 5.75 Å². The van der Waals surface area contributed by atoms with E-state index in [1.54, 1.807) is 7.11 Å². The van der Waals surface area contributed by atoms with E-state index in [9.17, 15) is 4.79 Å². The second-order valence-corrected chi connectivity index (χ2v) is 3.81. The second-order valence-electron chi connectivity index (χ2n) is 3.81. The Bertz CT molecular complexity index is 446. The summed E-state index contributed by atoms with van der Waals surface area (Å²) in [7, 11) is 1.66. The minimum absolute atomic E-state index is 0.183. The van der Waals surface area contributed by atoms with Crippen LogP contribution in [0, 0.1) is 0 Å². The van der Waals surface area contributed by atoms with E-state index in [2.05, 4.69) is 6.08 Å². The van der Waals surface area contributed by atoms with Crippen LogP contribution in [0.3, 0.4) is 0 Å². The van der Waals surface area contributed by atoms with Crippen LogP contribution in [0.4, 0.5) is 0 Å². The summed E-state index contributed by atoms with van der Waals surface area (Å²) in [6.45, 7) is 0. The maximum atomic E-state index is 10.5. The van der Waals surface area contributed by atoms with Crippen LogP contribution in [0.2, 0.25) is 0 Å². The quantitative estimate of drug-likeness (QED) is 0.844. The van der Waals surface area contributed by atoms with Gasteiger partial charge in [0.2, 0.25) is 0 Å². The van der Waals surface area contributed by atoms with Crippen LogP contribution in [0.1, 0.15) is 24.0 Å². The topological polar surface area (TPSA) is 46.5 Å². The van der Waals surface area contributed by atoms with Gasteiger partial charge in [-0.1, -0.05) is 18.2 Å². The average molecular weight is 218 g/mol. The molecule has 0 radical (unpaired) electrons. The number of carbonyl (C=O) groups is 1. The molecular weight excluding hydrogens is 204 g/mol. The van der Waals surface area contributed by atoms with Gasteiger partial charge in [-0.3, -0.25) is 4.79 Å². The number of allylic oxidation sites excluding steroid dienone is 2. The Hall–Kier alpha value is -1.77. The molecule has 0 saturated carbocycles. The number of hydrogen-bond donors (Lipinski definition) is 1. The van der Waals surface area contributed by atoms with Crippen LogP contribution < -0.4 is 4.74 Å². The molecule has 1 aliphatic rings. The molecule has 1 N–H and O–H groups in total. The Balaban J connectivity index is 2.21. The fourth-order valence-electron chi connectivity index (χ4n) is 2.08. The molecule has 0 spiro atoms. The van der Waals surface area contributed by atoms with Crippen molar-refractivity contribution in [1.29, 1.82) is 0 Å². The molecule has 1 aliphatic carbocycles. The molecule has 3 heteroatoms. The first-order valence-corrected chi connectivity index (χ1v) is 5.29. The van der Waals surface area contributed by atoms with Crippen molar-refractivity contribution in [1.82, 2.24) is 0 Å². The van der Waals surface area contributed by atoms with E-state index in [1.807, 2.05) is 18.2 Å². The third kappa shape index (κ3) is 1.94. The lowest BCUT2D eigenvalue weighted by molar-refractivity contribution is -0.136. The van der Waals surface area contributed by atoms with Crippen LogP contribution in [0.25, 0.3) is 5.57 Å². The molecule has 0 saturated heterocycles. The van der Waals surface area contributed by atoms with Crippen molar-refractivity contribution < 1.29 is 14.6 Å². The average Bonchev–Trinajstić information content (AvgIpc) is 2.69. The third-order valence-electron chi connectivity index (χ3n) is 2.86. The molecule has 0 atom stereocenters. The van der Waals surface area contributed by atoms with Gasteiger partial charge < -0.3 is 9.84 Å². The van der Waals surface area contributed by atoms with Gasteiger partial charge in [-0.15, -0.1) is 0 Å². The largest absolute Gasteiger partial charge is 0.496 e. The molecule has 0 bridgehead atoms. The lowest BCUT2D eigenvalue weighted by Crippen LogP contribution is -1.95. The van der Waals surface area contributed by atoms with Gasteiger partial charge in [0.1, 0.15) is 5.75 Å². The lowest BCUT2D eigenvalue weighted by Gasteiger charge is -2.08. The number of aliphatic carboxylic acids is 1. The van der Waals surface area contributed by atoms with Gasteiger partial charge in [-0.2, -0.15) is 0 Å². The summed E-state index contributed by atoms with van der Waals surface area (Å²) in [4.78, 5) is 10.5. The smallest absolute Gasteiger partial charge is 0.303 e. The summed E-state index contributed by atoms with van der Waals surface area (Å²) >= 11 is 0. The summed E-state index contributed by atoms with van der Waals surface area (Å²) < 4.78 is 5.28. The molecule has 0 unspecified atom stereocenters. The zero-order valence-electron chi connectivity index (χ0n) is 9.19. The third-order valence-corrected chi connectivity index (χ3v) is 2.86. The Morgan fingerprint density at radius 1 is 1.50 bits per heavy atom. The van der Waals surface area contributed by atoms with Crippen LogP contribution >= 0.6 is 0 Å². The number of hydrogen-bond acceptors (Lipinski definition) is 2. The van der Waals surface area contributed by atoms with Gasteiger partial charge in [-0.25, -0.2) is 0 Å². The van der Waals surface area contributed by atoms with E-state index < -0.39 is 5.97 Å². The van der Waals surface area contributed by atoms with Crippen LogP contribution in [-0.4, -0.2) is 18.2 Å². The molecule has 0 amide bonds. The molecule has 0 heterocycles. The monoisotopic (exact) mass is 218 g/mol. The number of benzene rings is 1. The van der Waals surface area contributed by atoms with Gasteiger partial charge >= 0.3 is 5.97 Å². The van der Waals surface area contributed by atoms with Gasteiger partial charge in [0, 0.05) is 12.0 Å². The Labute approximate surface area is 94.4 Å². The van der Waals surface area contributed by atoms with E-state index in [4.69, 9.17) is 9.84 Å². The van der Waals surface area contributed by atoms with Crippen LogP contribution in [-0.2, 0) is 11.2 Å². The van der Waals surface area contributed by atoms with Gasteiger partial charge in [0.15, 0.2) is 0 Å². The highest BCUT2D eigenvalue weighted by Crippen LogP contribution is 2.35. The molecule has 1 aromatic carbocycles. The fourth-order valence-corrected chi connectivity index (χ4v) is 2.08. The first-order valence-electron chi connectivity index (χ1n) is 5.29. The Morgan fingerprint density at radius 2 is 2.31 bits per heavy atom. The highest BCUT2D eigenvalue weighted by atomic mass is 16.5. The SMILES string of the molecule is COc1cccc2c1CC=C2CCC(=O)O. The standard InChI is InChI=1S/C13H14O3/c1-16-12-4-2-3-10-9(5-7-11(10)12)6-8-13(14)15/h2-5H,6-8H2,1H3,(H,14,15). The molecule has 0 fully saturated rings. The number of rotatable bonds is 4. The van der Waals surface area contributed by atoms with Crippen molar-refractivity contribution in [2.75, 3.05) is 7.11 Å². The molecule has 2 rings (SSSR count). The molecule has 0 aliphatic heterocycles. The molecular formula is C13H14O3. The fraction of sp³-hybridized carbons (Fsp3) is 0.308. The number of carboxylic acids is 1. The zero-order chi connectivity index (χ0) is 11.5. The van der Waals surface area contributed by atoms with E-state index in [0.717, 1.165) is 23.3 Å². The van der Waals surface area contributed by atoms with Crippen molar-refractivity contribution in [2.24, 2.45) is 0 Å². The van der Waals surface area contributed by atoms with Crippen molar-refractivity contribution >= 4 is 11.5 Å². The van der Waals surface area contributed by atoms with Gasteiger partial charge in [-0.05, 0) is 30.0 Å². The van der Waals surface area contributed by atoms with Gasteiger partial charge in [0.25, 0.3) is 0 Å². The van der Waals surface area contributed by atoms with E-state index in [-0.39, 0.29) is 6.42 Å². The minimum Gasteiger partial charge on any atom is -0.496 e. The first kappa shape index (κ1) is 10.7. The maximum absolute atomic E-state index is 10.5. The second kappa shape index (κ2) is 4.39. The Morgan fingerprint density at radius 3 is 3.00 bits per heavy atom. The summed E-state index contributed by atoms with van der Waals surface area (Å²) in [6, 6.07) is 5.91. The molecule has 0 aromatic heterocycles. The molecule has 16 heavy (non-hydrogen) atoms. The van der Waals surface area contributed by atoms with Crippen LogP contribution in [0.5, 0.6) is 5.75 Å². The molecule has 1 aromatic rings. The summed E-state index contributed by atoms with van der Waals surface area (Å²) in [5.41, 5.74) is 3.43. The molecule has 3 nitrogen and oxygen atoms in total. The van der Waals surface area contributed by atoms with E-state index >= 15 is 0 Å². The number of methoxy groups -OCH3 is 1. The summed E-state index contributed by atoms with van der Waals surface area (Å²) in [6.07, 6.45) is 3.71. The van der Waals surface area contributed by atoms with Crippen LogP contribution in [0.15, 0.2) is 24.3 Å². The van der Waals surface area contributed by atoms with Gasteiger partial charge in [0.05, 0.1) is 7.11 Å². The van der Waals surface area contributed by atoms with E-state index in [0.29, 0.717) is 6.42 Å². The van der Waals surface area contributed by atoms with Crippen molar-refractivity contribution in [3.63, 3.8) is 0 Å². The highest BCUT2D eigenvalue weighted by molar-refractivity contribution is 5.78. The first-order chi connectivity index (χ1) is 7.72. The minimum atomic E-state index is -0.753. The van der Waals surface area contributed by atoms with Crippen molar-refractivity contribution in [3.05, 3.63) is 35.4 Å². The zero-order valence-corrected chi connectivity index (χ0v) is 9.19. The summed E-state index contributed by atoms with van der Waals surface area (Å²) in [5.74, 6) is 0.135. The molecule has 84 valence electrons. The number of carboxylic acid groups (broad SMARTS) is 1. The lowest BCUT2D eigenvalue weighted by atomic mass is 10.0. The predicted octanol–water partition coefficient (Wildman–Crippen LogP) is 2.50. The predicted molar refractivity (Wildman–Crippen MR) is 61.5 cm³/mol. The van der Waals surface area contributed by atoms with E-state index in [1.165, 1.54) is 5.56 Å². The van der Waals surface area contributed by atoms with Crippen molar-refractivity contribution in [2.45, 2.75) is 19.3 Å². The highest BCUT2D eigenvalue weighted by Gasteiger charge is 2.17. The normalized spacial score (nSPS) is 13.2. The number of ether oxygens (including phenoxy) is 1. The summed E-state index contributed by atoms with van der Waals surface area (Å²) in [5, 5.41) is 8.67. The maximum Gasteiger partial charge on any atom is 0.303 e. The number of fused-ring (bicyclic) bond motifs is 1.